The van der Waals surface area contributed by atoms with E-state index in [9.17, 15) is 9.59 Å². The highest BCUT2D eigenvalue weighted by molar-refractivity contribution is 5.74. The van der Waals surface area contributed by atoms with Gasteiger partial charge < -0.3 is 19.6 Å². The average Bonchev–Trinajstić information content (AvgIpc) is 2.59. The van der Waals surface area contributed by atoms with E-state index >= 15 is 0 Å². The van der Waals surface area contributed by atoms with E-state index in [0.29, 0.717) is 31.0 Å². The molecule has 0 fully saturated rings. The number of unbranched alkanes of at least 4 members (excludes halogenated alkanes) is 1. The molecular weight excluding hydrogens is 306 g/mol. The Hall–Kier alpha value is -2.04. The first kappa shape index (κ1) is 20.0. The van der Waals surface area contributed by atoms with Crippen LogP contribution in [0.2, 0.25) is 0 Å². The van der Waals surface area contributed by atoms with Gasteiger partial charge in [0.25, 0.3) is 0 Å². The number of nitrogens with one attached hydrogen (secondary N) is 1. The molecule has 0 aliphatic carbocycles. The monoisotopic (exact) mass is 335 g/mol. The molecule has 5 heteroatoms. The molecule has 0 saturated carbocycles. The van der Waals surface area contributed by atoms with Crippen molar-refractivity contribution in [3.63, 3.8) is 0 Å². The van der Waals surface area contributed by atoms with Gasteiger partial charge in [-0.3, -0.25) is 0 Å². The zero-order valence-corrected chi connectivity index (χ0v) is 14.9. The maximum atomic E-state index is 11.6. The van der Waals surface area contributed by atoms with Crippen LogP contribution in [0.1, 0.15) is 58.1 Å². The molecule has 0 aromatic heterocycles. The Kier molecular flexibility index (Phi) is 9.58. The van der Waals surface area contributed by atoms with Gasteiger partial charge in [0.1, 0.15) is 18.1 Å². The van der Waals surface area contributed by atoms with Gasteiger partial charge >= 0.3 is 6.09 Å². The molecule has 5 nitrogen and oxygen atoms in total. The van der Waals surface area contributed by atoms with Crippen LogP contribution in [0.5, 0.6) is 5.75 Å². The Morgan fingerprint density at radius 3 is 2.50 bits per heavy atom. The molecule has 1 N–H and O–H groups in total. The molecule has 0 heterocycles. The maximum Gasteiger partial charge on any atom is 0.407 e. The van der Waals surface area contributed by atoms with E-state index in [1.165, 1.54) is 0 Å². The van der Waals surface area contributed by atoms with Gasteiger partial charge in [-0.1, -0.05) is 45.7 Å². The second-order valence-electron chi connectivity index (χ2n) is 6.02. The van der Waals surface area contributed by atoms with Crippen LogP contribution >= 0.6 is 0 Å². The summed E-state index contributed by atoms with van der Waals surface area (Å²) in [5, 5.41) is 2.56. The summed E-state index contributed by atoms with van der Waals surface area (Å²) in [6.45, 7) is 7.37. The Labute approximate surface area is 144 Å². The fraction of sp³-hybridized carbons (Fsp3) is 0.579. The Morgan fingerprint density at radius 1 is 1.21 bits per heavy atom. The summed E-state index contributed by atoms with van der Waals surface area (Å²) in [5.74, 6) is 1.27. The molecule has 0 saturated heterocycles. The van der Waals surface area contributed by atoms with Crippen molar-refractivity contribution in [2.75, 3.05) is 13.2 Å². The molecule has 0 aliphatic heterocycles. The van der Waals surface area contributed by atoms with Gasteiger partial charge in [-0.2, -0.15) is 0 Å². The third-order valence-electron chi connectivity index (χ3n) is 3.70. The van der Waals surface area contributed by atoms with Crippen molar-refractivity contribution < 1.29 is 19.1 Å². The number of ether oxygens (including phenoxy) is 2. The maximum absolute atomic E-state index is 11.6. The van der Waals surface area contributed by atoms with Gasteiger partial charge in [0.2, 0.25) is 0 Å². The summed E-state index contributed by atoms with van der Waals surface area (Å²) in [6, 6.07) is 6.48. The van der Waals surface area contributed by atoms with Gasteiger partial charge in [0.05, 0.1) is 13.2 Å². The highest BCUT2D eigenvalue weighted by atomic mass is 16.5. The van der Waals surface area contributed by atoms with Crippen LogP contribution < -0.4 is 10.1 Å². The number of carbonyl (C=O) groups is 2. The van der Waals surface area contributed by atoms with Crippen LogP contribution in [0.15, 0.2) is 24.3 Å². The van der Waals surface area contributed by atoms with Crippen molar-refractivity contribution in [2.24, 2.45) is 5.92 Å². The fourth-order valence-corrected chi connectivity index (χ4v) is 2.26. The van der Waals surface area contributed by atoms with Crippen molar-refractivity contribution in [1.82, 2.24) is 5.32 Å². The molecule has 0 aliphatic rings. The Morgan fingerprint density at radius 2 is 1.92 bits per heavy atom. The number of alkyl carbamates (subject to hydrolysis) is 1. The lowest BCUT2D eigenvalue weighted by Gasteiger charge is -2.15. The van der Waals surface area contributed by atoms with Crippen LogP contribution in [0.25, 0.3) is 0 Å². The van der Waals surface area contributed by atoms with Crippen molar-refractivity contribution in [3.8, 4) is 5.75 Å². The zero-order valence-electron chi connectivity index (χ0n) is 14.9. The van der Waals surface area contributed by atoms with Gasteiger partial charge in [-0.25, -0.2) is 4.79 Å². The van der Waals surface area contributed by atoms with Crippen LogP contribution in [-0.4, -0.2) is 25.6 Å². The third kappa shape index (κ3) is 7.49. The summed E-state index contributed by atoms with van der Waals surface area (Å²) >= 11 is 0. The minimum absolute atomic E-state index is 0.358. The number of rotatable bonds is 11. The normalized spacial score (nSPS) is 13.0. The van der Waals surface area contributed by atoms with E-state index in [2.05, 4.69) is 19.2 Å². The molecule has 1 rings (SSSR count). The standard InChI is InChI=1S/C19H29NO4/c1-4-6-12-23-19(22)20-18(13-21)16-8-10-17(11-9-16)24-14-15(3)7-5-2/h8-11,13,15,18H,4-7,12,14H2,1-3H3,(H,20,22)/t15?,18-/m0/s1. The first-order valence-electron chi connectivity index (χ1n) is 8.72. The lowest BCUT2D eigenvalue weighted by Crippen LogP contribution is -2.30. The second kappa shape index (κ2) is 11.5. The van der Waals surface area contributed by atoms with Crippen LogP contribution in [-0.2, 0) is 9.53 Å². The first-order valence-corrected chi connectivity index (χ1v) is 8.72. The fourth-order valence-electron chi connectivity index (χ4n) is 2.26. The number of hydrogen-bond acceptors (Lipinski definition) is 4. The Balaban J connectivity index is 2.52. The van der Waals surface area contributed by atoms with E-state index in [0.717, 1.165) is 31.4 Å². The second-order valence-corrected chi connectivity index (χ2v) is 6.02. The largest absolute Gasteiger partial charge is 0.493 e. The number of hydrogen-bond donors (Lipinski definition) is 1. The smallest absolute Gasteiger partial charge is 0.407 e. The molecule has 0 spiro atoms. The molecule has 0 bridgehead atoms. The van der Waals surface area contributed by atoms with Gasteiger partial charge in [0, 0.05) is 0 Å². The first-order chi connectivity index (χ1) is 11.6. The minimum Gasteiger partial charge on any atom is -0.493 e. The molecule has 24 heavy (non-hydrogen) atoms. The molecule has 2 atom stereocenters. The van der Waals surface area contributed by atoms with Gasteiger partial charge in [-0.15, -0.1) is 0 Å². The van der Waals surface area contributed by atoms with E-state index in [-0.39, 0.29) is 0 Å². The Bertz CT molecular complexity index is 487. The van der Waals surface area contributed by atoms with Crippen molar-refractivity contribution >= 4 is 12.4 Å². The molecule has 134 valence electrons. The lowest BCUT2D eigenvalue weighted by molar-refractivity contribution is -0.109. The van der Waals surface area contributed by atoms with Crippen molar-refractivity contribution in [1.29, 1.82) is 0 Å². The molecule has 1 aromatic rings. The van der Waals surface area contributed by atoms with E-state index < -0.39 is 12.1 Å². The molecule has 1 amide bonds. The predicted molar refractivity (Wildman–Crippen MR) is 94.2 cm³/mol. The summed E-state index contributed by atoms with van der Waals surface area (Å²) in [5.41, 5.74) is 0.700. The number of amides is 1. The van der Waals surface area contributed by atoms with Gasteiger partial charge in [-0.05, 0) is 36.5 Å². The van der Waals surface area contributed by atoms with Crippen molar-refractivity contribution in [2.45, 2.75) is 52.5 Å². The van der Waals surface area contributed by atoms with E-state index in [4.69, 9.17) is 9.47 Å². The summed E-state index contributed by atoms with van der Waals surface area (Å²) in [4.78, 5) is 22.9. The van der Waals surface area contributed by atoms with Crippen LogP contribution in [0.4, 0.5) is 4.79 Å². The number of carbonyl (C=O) groups excluding carboxylic acids is 2. The molecule has 1 aromatic carbocycles. The van der Waals surface area contributed by atoms with E-state index in [1.54, 1.807) is 12.1 Å². The summed E-state index contributed by atoms with van der Waals surface area (Å²) in [7, 11) is 0. The molecule has 0 radical (unpaired) electrons. The SMILES string of the molecule is CCCCOC(=O)N[C@@H](C=O)c1ccc(OCC(C)CCC)cc1. The van der Waals surface area contributed by atoms with Crippen molar-refractivity contribution in [3.05, 3.63) is 29.8 Å². The van der Waals surface area contributed by atoms with Crippen LogP contribution in [0, 0.1) is 5.92 Å². The summed E-state index contributed by atoms with van der Waals surface area (Å²) in [6.07, 6.45) is 4.15. The van der Waals surface area contributed by atoms with E-state index in [1.807, 2.05) is 19.1 Å². The zero-order chi connectivity index (χ0) is 17.8. The highest BCUT2D eigenvalue weighted by Crippen LogP contribution is 2.18. The number of aldehydes is 1. The number of benzene rings is 1. The topological polar surface area (TPSA) is 64.6 Å². The average molecular weight is 335 g/mol. The lowest BCUT2D eigenvalue weighted by atomic mass is 10.1. The third-order valence-corrected chi connectivity index (χ3v) is 3.70. The highest BCUT2D eigenvalue weighted by Gasteiger charge is 2.14. The quantitative estimate of drug-likeness (QED) is 0.484. The summed E-state index contributed by atoms with van der Waals surface area (Å²) < 4.78 is 10.7. The molecule has 1 unspecified atom stereocenters. The predicted octanol–water partition coefficient (Wildman–Crippen LogP) is 4.27. The van der Waals surface area contributed by atoms with Gasteiger partial charge in [0.15, 0.2) is 0 Å². The minimum atomic E-state index is -0.716. The van der Waals surface area contributed by atoms with Crippen LogP contribution in [0.3, 0.4) is 0 Å². The molecular formula is C19H29NO4.